The number of hydrogen-bond acceptors (Lipinski definition) is 16. The number of fused-ring (bicyclic) bond motifs is 2. The molecule has 1 aliphatic carbocycles. The largest absolute Gasteiger partial charge is 0.507 e. The highest BCUT2D eigenvalue weighted by molar-refractivity contribution is 6.30. The van der Waals surface area contributed by atoms with Crippen LogP contribution in [-0.4, -0.2) is 122 Å². The van der Waals surface area contributed by atoms with Crippen molar-refractivity contribution in [1.82, 2.24) is 0 Å². The van der Waals surface area contributed by atoms with E-state index in [0.717, 1.165) is 26.0 Å². The van der Waals surface area contributed by atoms with Crippen molar-refractivity contribution in [3.63, 3.8) is 0 Å². The topological polar surface area (TPSA) is 245 Å². The summed E-state index contributed by atoms with van der Waals surface area (Å²) in [4.78, 5) is 51.5. The minimum Gasteiger partial charge on any atom is -0.507 e. The van der Waals surface area contributed by atoms with Gasteiger partial charge < -0.3 is 59.1 Å². The summed E-state index contributed by atoms with van der Waals surface area (Å²) in [5, 5.41) is 62.1. The molecule has 2 aromatic rings. The fourth-order valence-corrected chi connectivity index (χ4v) is 5.77. The quantitative estimate of drug-likeness (QED) is 0.166. The van der Waals surface area contributed by atoms with Crippen molar-refractivity contribution in [2.24, 2.45) is 0 Å². The fourth-order valence-electron chi connectivity index (χ4n) is 5.77. The Morgan fingerprint density at radius 1 is 0.766 bits per heavy atom. The molecule has 2 aromatic carbocycles. The molecule has 2 fully saturated rings. The maximum Gasteiger partial charge on any atom is 0.303 e. The molecule has 0 amide bonds. The molecule has 3 aliphatic rings. The van der Waals surface area contributed by atoms with Crippen molar-refractivity contribution >= 4 is 23.5 Å². The van der Waals surface area contributed by atoms with Crippen LogP contribution < -0.4 is 9.47 Å². The van der Waals surface area contributed by atoms with Crippen molar-refractivity contribution < 1.29 is 78.2 Å². The smallest absolute Gasteiger partial charge is 0.303 e. The molecule has 0 spiro atoms. The van der Waals surface area contributed by atoms with Gasteiger partial charge in [-0.25, -0.2) is 0 Å². The van der Waals surface area contributed by atoms with Crippen LogP contribution in [0, 0.1) is 6.92 Å². The number of aliphatic hydroxyl groups is 5. The minimum absolute atomic E-state index is 0.130. The normalized spacial score (nSPS) is 31.8. The van der Waals surface area contributed by atoms with Crippen LogP contribution in [0.15, 0.2) is 24.3 Å². The Labute approximate surface area is 266 Å². The molecule has 2 heterocycles. The lowest BCUT2D eigenvalue weighted by atomic mass is 9.82. The Morgan fingerprint density at radius 3 is 2.04 bits per heavy atom. The second-order valence-electron chi connectivity index (χ2n) is 11.5. The van der Waals surface area contributed by atoms with Crippen molar-refractivity contribution in [2.75, 3.05) is 6.61 Å². The number of aromatic hydroxyl groups is 1. The SMILES string of the molecule is CC(=O)OC1C(Oc2cc(OC3OC(CO)C(O)C(O)C3O)c3c(c2)C(=O)c2cc(C)cc(O)c2C3=O)OC(C)C(O)C1OC(C)=O. The number of esters is 2. The number of phenols is 1. The number of carbonyl (C=O) groups is 4. The van der Waals surface area contributed by atoms with E-state index in [2.05, 4.69) is 0 Å². The van der Waals surface area contributed by atoms with E-state index in [-0.39, 0.29) is 28.0 Å². The zero-order chi connectivity index (χ0) is 34.5. The highest BCUT2D eigenvalue weighted by Gasteiger charge is 2.50. The van der Waals surface area contributed by atoms with Gasteiger partial charge in [-0.3, -0.25) is 19.2 Å². The number of aliphatic hydroxyl groups excluding tert-OH is 5. The molecule has 254 valence electrons. The molecule has 5 rings (SSSR count). The minimum atomic E-state index is -1.91. The summed E-state index contributed by atoms with van der Waals surface area (Å²) in [6.07, 6.45) is -15.7. The molecule has 2 aliphatic heterocycles. The summed E-state index contributed by atoms with van der Waals surface area (Å²) in [5.74, 6) is -4.39. The molecule has 10 atom stereocenters. The average molecular weight is 663 g/mol. The van der Waals surface area contributed by atoms with Crippen molar-refractivity contribution in [1.29, 1.82) is 0 Å². The van der Waals surface area contributed by atoms with Crippen molar-refractivity contribution in [3.8, 4) is 17.2 Å². The van der Waals surface area contributed by atoms with E-state index in [1.165, 1.54) is 19.1 Å². The van der Waals surface area contributed by atoms with Gasteiger partial charge in [0.1, 0.15) is 47.8 Å². The molecule has 10 unspecified atom stereocenters. The van der Waals surface area contributed by atoms with E-state index in [1.54, 1.807) is 6.92 Å². The molecule has 6 N–H and O–H groups in total. The Morgan fingerprint density at radius 2 is 1.40 bits per heavy atom. The number of aryl methyl sites for hydroxylation is 1. The van der Waals surface area contributed by atoms with Gasteiger partial charge in [-0.05, 0) is 37.6 Å². The highest BCUT2D eigenvalue weighted by atomic mass is 16.7. The van der Waals surface area contributed by atoms with Gasteiger partial charge in [0, 0.05) is 31.0 Å². The van der Waals surface area contributed by atoms with Crippen LogP contribution in [0.4, 0.5) is 0 Å². The van der Waals surface area contributed by atoms with Gasteiger partial charge in [-0.1, -0.05) is 0 Å². The second-order valence-corrected chi connectivity index (χ2v) is 11.5. The maximum absolute atomic E-state index is 13.8. The number of carbonyl (C=O) groups excluding carboxylic acids is 4. The highest BCUT2D eigenvalue weighted by Crippen LogP contribution is 2.42. The summed E-state index contributed by atoms with van der Waals surface area (Å²) >= 11 is 0. The zero-order valence-electron chi connectivity index (χ0n) is 25.6. The molecule has 0 aromatic heterocycles. The first-order valence-electron chi connectivity index (χ1n) is 14.6. The molecule has 0 saturated carbocycles. The third kappa shape index (κ3) is 6.40. The van der Waals surface area contributed by atoms with Crippen LogP contribution in [0.2, 0.25) is 0 Å². The monoisotopic (exact) mass is 662 g/mol. The average Bonchev–Trinajstić information content (AvgIpc) is 2.99. The van der Waals surface area contributed by atoms with E-state index in [9.17, 15) is 49.8 Å². The lowest BCUT2D eigenvalue weighted by Gasteiger charge is -2.42. The third-order valence-electron chi connectivity index (χ3n) is 7.99. The molecule has 0 radical (unpaired) electrons. The van der Waals surface area contributed by atoms with Gasteiger partial charge in [-0.15, -0.1) is 0 Å². The molecular weight excluding hydrogens is 628 g/mol. The Hall–Kier alpha value is -4.16. The van der Waals surface area contributed by atoms with Crippen molar-refractivity contribution in [3.05, 3.63) is 52.1 Å². The maximum atomic E-state index is 13.8. The summed E-state index contributed by atoms with van der Waals surface area (Å²) in [6, 6.07) is 4.93. The predicted molar refractivity (Wildman–Crippen MR) is 153 cm³/mol. The summed E-state index contributed by atoms with van der Waals surface area (Å²) in [5.41, 5.74) is -0.644. The number of phenolic OH excluding ortho intramolecular Hbond substituents is 1. The molecule has 16 heteroatoms. The van der Waals surface area contributed by atoms with Crippen LogP contribution in [-0.2, 0) is 28.5 Å². The Kier molecular flexibility index (Phi) is 9.57. The number of benzene rings is 2. The van der Waals surface area contributed by atoms with E-state index in [0.29, 0.717) is 5.56 Å². The van der Waals surface area contributed by atoms with E-state index < -0.39 is 103 Å². The first kappa shape index (κ1) is 34.2. The lowest BCUT2D eigenvalue weighted by molar-refractivity contribution is -0.278. The zero-order valence-corrected chi connectivity index (χ0v) is 25.6. The van der Waals surface area contributed by atoms with E-state index in [1.807, 2.05) is 0 Å². The van der Waals surface area contributed by atoms with Gasteiger partial charge in [0.15, 0.2) is 11.9 Å². The molecular formula is C31H34O16. The fraction of sp³-hybridized carbons (Fsp3) is 0.484. The van der Waals surface area contributed by atoms with Gasteiger partial charge in [0.25, 0.3) is 0 Å². The van der Waals surface area contributed by atoms with Gasteiger partial charge in [-0.2, -0.15) is 0 Å². The summed E-state index contributed by atoms with van der Waals surface area (Å²) in [6.45, 7) is 4.41. The van der Waals surface area contributed by atoms with Crippen LogP contribution >= 0.6 is 0 Å². The number of ether oxygens (including phenoxy) is 6. The third-order valence-corrected chi connectivity index (χ3v) is 7.99. The first-order valence-corrected chi connectivity index (χ1v) is 14.6. The summed E-state index contributed by atoms with van der Waals surface area (Å²) in [7, 11) is 0. The molecule has 47 heavy (non-hydrogen) atoms. The van der Waals surface area contributed by atoms with Crippen molar-refractivity contribution in [2.45, 2.75) is 89.1 Å². The van der Waals surface area contributed by atoms with E-state index >= 15 is 0 Å². The Balaban J connectivity index is 1.61. The van der Waals surface area contributed by atoms with Crippen LogP contribution in [0.3, 0.4) is 0 Å². The van der Waals surface area contributed by atoms with Crippen LogP contribution in [0.5, 0.6) is 17.2 Å². The predicted octanol–water partition coefficient (Wildman–Crippen LogP) is -0.997. The standard InChI is InChI=1S/C31H34O16/c1-10-5-15-20(17(35)6-10)25(39)21-16(23(15)37)7-14(8-18(21)46-30-27(41)26(40)24(38)19(9-32)47-30)45-31-29(44-13(4)34)28(43-12(3)33)22(36)11(2)42-31/h5-8,11,19,22,24,26-32,35-36,38,40-41H,9H2,1-4H3. The number of ketones is 2. The Bertz CT molecular complexity index is 1590. The second kappa shape index (κ2) is 13.2. The van der Waals surface area contributed by atoms with Crippen LogP contribution in [0.25, 0.3) is 0 Å². The molecule has 0 bridgehead atoms. The lowest BCUT2D eigenvalue weighted by Crippen LogP contribution is -2.61. The van der Waals surface area contributed by atoms with Gasteiger partial charge in [0.2, 0.25) is 24.5 Å². The first-order chi connectivity index (χ1) is 22.1. The van der Waals surface area contributed by atoms with E-state index in [4.69, 9.17) is 28.4 Å². The molecule has 16 nitrogen and oxygen atoms in total. The number of hydrogen-bond donors (Lipinski definition) is 6. The van der Waals surface area contributed by atoms with Crippen LogP contribution in [0.1, 0.15) is 58.2 Å². The summed E-state index contributed by atoms with van der Waals surface area (Å²) < 4.78 is 33.6. The van der Waals surface area contributed by atoms with Gasteiger partial charge in [0.05, 0.1) is 23.8 Å². The van der Waals surface area contributed by atoms with Gasteiger partial charge >= 0.3 is 11.9 Å². The molecule has 2 saturated heterocycles. The number of rotatable bonds is 7.